The summed E-state index contributed by atoms with van der Waals surface area (Å²) in [5, 5.41) is 0. The molecular weight excluding hydrogens is 338 g/mol. The molecule has 1 nitrogen and oxygen atoms in total. The SMILES string of the molecule is CCCC1(C)[n+]2ccccc2-c2cc(-c3cc(C)ccc3C)ccc2C1(C)C. The van der Waals surface area contributed by atoms with Gasteiger partial charge in [0.05, 0.1) is 11.0 Å². The van der Waals surface area contributed by atoms with Crippen molar-refractivity contribution in [3.63, 3.8) is 0 Å². The van der Waals surface area contributed by atoms with Crippen molar-refractivity contribution in [2.45, 2.75) is 65.3 Å². The fraction of sp³-hybridized carbons (Fsp3) is 0.370. The van der Waals surface area contributed by atoms with Crippen LogP contribution in [-0.2, 0) is 11.0 Å². The third-order valence-electron chi connectivity index (χ3n) is 7.15. The van der Waals surface area contributed by atoms with Crippen LogP contribution in [0.3, 0.4) is 0 Å². The van der Waals surface area contributed by atoms with Gasteiger partial charge in [-0.25, -0.2) is 0 Å². The van der Waals surface area contributed by atoms with Crippen molar-refractivity contribution < 1.29 is 4.57 Å². The summed E-state index contributed by atoms with van der Waals surface area (Å²) in [5.41, 5.74) is 9.57. The first-order valence-corrected chi connectivity index (χ1v) is 10.5. The van der Waals surface area contributed by atoms with Crippen LogP contribution in [0.1, 0.15) is 57.2 Å². The van der Waals surface area contributed by atoms with Gasteiger partial charge in [0, 0.05) is 25.5 Å². The molecule has 0 spiro atoms. The van der Waals surface area contributed by atoms with E-state index in [0.717, 1.165) is 0 Å². The largest absolute Gasteiger partial charge is 0.213 e. The van der Waals surface area contributed by atoms with E-state index in [-0.39, 0.29) is 11.0 Å². The van der Waals surface area contributed by atoms with Gasteiger partial charge in [-0.3, -0.25) is 0 Å². The Bertz CT molecular complexity index is 1040. The van der Waals surface area contributed by atoms with Gasteiger partial charge in [0.15, 0.2) is 11.7 Å². The molecule has 1 heteroatoms. The second-order valence-corrected chi connectivity index (χ2v) is 9.18. The Hall–Kier alpha value is -2.41. The zero-order valence-corrected chi connectivity index (χ0v) is 18.1. The van der Waals surface area contributed by atoms with E-state index in [1.165, 1.54) is 51.9 Å². The molecular formula is C27H32N+. The van der Waals surface area contributed by atoms with Crippen molar-refractivity contribution in [3.8, 4) is 22.4 Å². The van der Waals surface area contributed by atoms with E-state index in [2.05, 4.69) is 107 Å². The van der Waals surface area contributed by atoms with Gasteiger partial charge in [0.25, 0.3) is 0 Å². The van der Waals surface area contributed by atoms with E-state index in [4.69, 9.17) is 0 Å². The maximum Gasteiger partial charge on any atom is 0.213 e. The van der Waals surface area contributed by atoms with Crippen LogP contribution in [-0.4, -0.2) is 0 Å². The number of benzene rings is 2. The second kappa shape index (κ2) is 6.58. The minimum atomic E-state index is 0.0531. The highest BCUT2D eigenvalue weighted by Crippen LogP contribution is 2.48. The number of hydrogen-bond donors (Lipinski definition) is 0. The minimum absolute atomic E-state index is 0.0531. The summed E-state index contributed by atoms with van der Waals surface area (Å²) in [4.78, 5) is 0. The quantitative estimate of drug-likeness (QED) is 0.450. The Morgan fingerprint density at radius 2 is 1.64 bits per heavy atom. The molecule has 2 heterocycles. The van der Waals surface area contributed by atoms with Crippen LogP contribution in [0.4, 0.5) is 0 Å². The van der Waals surface area contributed by atoms with Crippen molar-refractivity contribution in [2.75, 3.05) is 0 Å². The topological polar surface area (TPSA) is 3.88 Å². The highest BCUT2D eigenvalue weighted by atomic mass is 15.1. The molecule has 1 aromatic heterocycles. The molecule has 28 heavy (non-hydrogen) atoms. The van der Waals surface area contributed by atoms with Gasteiger partial charge in [-0.15, -0.1) is 0 Å². The molecule has 0 fully saturated rings. The minimum Gasteiger partial charge on any atom is -0.192 e. The number of aryl methyl sites for hydroxylation is 2. The van der Waals surface area contributed by atoms with Crippen LogP contribution in [0, 0.1) is 13.8 Å². The first-order valence-electron chi connectivity index (χ1n) is 10.5. The average Bonchev–Trinajstić information content (AvgIpc) is 2.68. The number of aromatic nitrogens is 1. The van der Waals surface area contributed by atoms with Gasteiger partial charge in [-0.1, -0.05) is 42.8 Å². The van der Waals surface area contributed by atoms with E-state index >= 15 is 0 Å². The summed E-state index contributed by atoms with van der Waals surface area (Å²) >= 11 is 0. The third-order valence-corrected chi connectivity index (χ3v) is 7.15. The molecule has 2 aromatic carbocycles. The molecule has 0 saturated heterocycles. The summed E-state index contributed by atoms with van der Waals surface area (Å²) in [6, 6.07) is 20.5. The van der Waals surface area contributed by atoms with E-state index in [1.807, 2.05) is 0 Å². The highest BCUT2D eigenvalue weighted by molar-refractivity contribution is 5.76. The molecule has 0 saturated carbocycles. The molecule has 1 unspecified atom stereocenters. The predicted octanol–water partition coefficient (Wildman–Crippen LogP) is 6.73. The summed E-state index contributed by atoms with van der Waals surface area (Å²) < 4.78 is 2.53. The van der Waals surface area contributed by atoms with E-state index in [1.54, 1.807) is 0 Å². The first-order chi connectivity index (χ1) is 13.3. The fourth-order valence-corrected chi connectivity index (χ4v) is 5.12. The summed E-state index contributed by atoms with van der Waals surface area (Å²) in [5.74, 6) is 0. The van der Waals surface area contributed by atoms with Gasteiger partial charge in [-0.05, 0) is 68.5 Å². The van der Waals surface area contributed by atoms with Crippen molar-refractivity contribution in [2.24, 2.45) is 0 Å². The second-order valence-electron chi connectivity index (χ2n) is 9.18. The molecule has 0 radical (unpaired) electrons. The maximum absolute atomic E-state index is 2.53. The van der Waals surface area contributed by atoms with Crippen LogP contribution in [0.15, 0.2) is 60.8 Å². The number of hydrogen-bond acceptors (Lipinski definition) is 0. The highest BCUT2D eigenvalue weighted by Gasteiger charge is 2.54. The zero-order valence-electron chi connectivity index (χ0n) is 18.1. The zero-order chi connectivity index (χ0) is 20.1. The lowest BCUT2D eigenvalue weighted by Crippen LogP contribution is -2.66. The molecule has 1 aliphatic rings. The molecule has 144 valence electrons. The Morgan fingerprint density at radius 1 is 0.857 bits per heavy atom. The number of pyridine rings is 1. The van der Waals surface area contributed by atoms with Crippen LogP contribution < -0.4 is 4.57 Å². The van der Waals surface area contributed by atoms with Gasteiger partial charge in [0.1, 0.15) is 0 Å². The number of nitrogens with zero attached hydrogens (tertiary/aromatic N) is 1. The lowest BCUT2D eigenvalue weighted by molar-refractivity contribution is -0.765. The van der Waals surface area contributed by atoms with Crippen LogP contribution in [0.5, 0.6) is 0 Å². The van der Waals surface area contributed by atoms with Crippen LogP contribution in [0.25, 0.3) is 22.4 Å². The normalized spacial score (nSPS) is 19.8. The molecule has 1 atom stereocenters. The number of rotatable bonds is 3. The van der Waals surface area contributed by atoms with Gasteiger partial charge < -0.3 is 0 Å². The van der Waals surface area contributed by atoms with E-state index in [9.17, 15) is 0 Å². The van der Waals surface area contributed by atoms with Gasteiger partial charge >= 0.3 is 0 Å². The molecule has 0 N–H and O–H groups in total. The van der Waals surface area contributed by atoms with Crippen molar-refractivity contribution in [1.29, 1.82) is 0 Å². The Kier molecular flexibility index (Phi) is 4.45. The Morgan fingerprint density at radius 3 is 2.39 bits per heavy atom. The molecule has 3 aromatic rings. The molecule has 4 rings (SSSR count). The average molecular weight is 371 g/mol. The van der Waals surface area contributed by atoms with Crippen LogP contribution in [0.2, 0.25) is 0 Å². The molecule has 0 amide bonds. The predicted molar refractivity (Wildman–Crippen MR) is 119 cm³/mol. The van der Waals surface area contributed by atoms with E-state index < -0.39 is 0 Å². The van der Waals surface area contributed by atoms with Gasteiger partial charge in [0.2, 0.25) is 5.69 Å². The van der Waals surface area contributed by atoms with Crippen LogP contribution >= 0.6 is 0 Å². The summed E-state index contributed by atoms with van der Waals surface area (Å²) in [7, 11) is 0. The standard InChI is InChI=1S/C27H32N/c1-7-15-27(6)26(4,5)24-14-13-21(22-17-19(2)11-12-20(22)3)18-23(24)25-10-8-9-16-28(25)27/h8-14,16-18H,7,15H2,1-6H3/q+1. The monoisotopic (exact) mass is 370 g/mol. The third kappa shape index (κ3) is 2.64. The summed E-state index contributed by atoms with van der Waals surface area (Å²) in [6.45, 7) is 13.9. The number of fused-ring (bicyclic) bond motifs is 3. The molecule has 0 aliphatic carbocycles. The molecule has 1 aliphatic heterocycles. The Labute approximate surface area is 170 Å². The lowest BCUT2D eigenvalue weighted by Gasteiger charge is -2.44. The van der Waals surface area contributed by atoms with Crippen molar-refractivity contribution in [1.82, 2.24) is 0 Å². The first kappa shape index (κ1) is 18.9. The van der Waals surface area contributed by atoms with E-state index in [0.29, 0.717) is 0 Å². The fourth-order valence-electron chi connectivity index (χ4n) is 5.12. The maximum atomic E-state index is 2.53. The lowest BCUT2D eigenvalue weighted by atomic mass is 9.62. The molecule has 0 bridgehead atoms. The smallest absolute Gasteiger partial charge is 0.192 e. The van der Waals surface area contributed by atoms with Gasteiger partial charge in [-0.2, -0.15) is 4.57 Å². The summed E-state index contributed by atoms with van der Waals surface area (Å²) in [6.07, 6.45) is 4.62. The van der Waals surface area contributed by atoms with Crippen molar-refractivity contribution in [3.05, 3.63) is 77.5 Å². The Balaban J connectivity index is 1.99. The van der Waals surface area contributed by atoms with Crippen molar-refractivity contribution >= 4 is 0 Å².